The molecule has 1 aromatic heterocycles. The number of aromatic nitrogens is 1. The molecule has 1 fully saturated rings. The van der Waals surface area contributed by atoms with Crippen molar-refractivity contribution in [2.75, 3.05) is 32.8 Å². The molecule has 3 heterocycles. The van der Waals surface area contributed by atoms with Crippen LogP contribution in [-0.2, 0) is 0 Å². The van der Waals surface area contributed by atoms with E-state index in [9.17, 15) is 4.79 Å². The summed E-state index contributed by atoms with van der Waals surface area (Å²) in [6.07, 6.45) is 4.35. The van der Waals surface area contributed by atoms with Crippen LogP contribution in [0, 0.1) is 0 Å². The summed E-state index contributed by atoms with van der Waals surface area (Å²) in [5.41, 5.74) is 1.99. The Morgan fingerprint density at radius 3 is 2.58 bits per heavy atom. The third-order valence-corrected chi connectivity index (χ3v) is 4.90. The van der Waals surface area contributed by atoms with Gasteiger partial charge in [0.1, 0.15) is 5.75 Å². The van der Waals surface area contributed by atoms with Gasteiger partial charge in [0.25, 0.3) is 5.91 Å². The topological polar surface area (TPSA) is 45.7 Å². The van der Waals surface area contributed by atoms with Crippen LogP contribution in [0.2, 0.25) is 0 Å². The molecule has 5 heteroatoms. The molecule has 0 aliphatic carbocycles. The van der Waals surface area contributed by atoms with E-state index in [2.05, 4.69) is 22.0 Å². The number of carbonyl (C=O) groups excluding carboxylic acids is 1. The van der Waals surface area contributed by atoms with Crippen LogP contribution in [0.3, 0.4) is 0 Å². The number of pyridine rings is 1. The van der Waals surface area contributed by atoms with Crippen LogP contribution in [0.4, 0.5) is 0 Å². The first-order valence-electron chi connectivity index (χ1n) is 8.48. The fourth-order valence-corrected chi connectivity index (χ4v) is 3.62. The van der Waals surface area contributed by atoms with Crippen molar-refractivity contribution >= 4 is 5.91 Å². The van der Waals surface area contributed by atoms with E-state index in [0.29, 0.717) is 6.04 Å². The Labute approximate surface area is 141 Å². The monoisotopic (exact) mass is 323 g/mol. The molecule has 2 aliphatic heterocycles. The largest absolute Gasteiger partial charge is 0.493 e. The van der Waals surface area contributed by atoms with E-state index in [1.54, 1.807) is 24.5 Å². The van der Waals surface area contributed by atoms with Gasteiger partial charge < -0.3 is 9.64 Å². The first-order chi connectivity index (χ1) is 11.8. The van der Waals surface area contributed by atoms with Crippen LogP contribution in [0.1, 0.15) is 28.4 Å². The molecule has 5 nitrogen and oxygen atoms in total. The van der Waals surface area contributed by atoms with Gasteiger partial charge in [0.15, 0.2) is 0 Å². The maximum Gasteiger partial charge on any atom is 0.254 e. The molecule has 124 valence electrons. The Balaban J connectivity index is 1.43. The lowest BCUT2D eigenvalue weighted by Gasteiger charge is -2.41. The average molecular weight is 323 g/mol. The number of para-hydroxylation sites is 1. The normalized spacial score (nSPS) is 21.0. The van der Waals surface area contributed by atoms with Crippen molar-refractivity contribution in [2.45, 2.75) is 12.5 Å². The van der Waals surface area contributed by atoms with Gasteiger partial charge in [-0.3, -0.25) is 14.7 Å². The zero-order valence-electron chi connectivity index (χ0n) is 13.6. The smallest absolute Gasteiger partial charge is 0.254 e. The van der Waals surface area contributed by atoms with Gasteiger partial charge in [-0.1, -0.05) is 18.2 Å². The van der Waals surface area contributed by atoms with Crippen molar-refractivity contribution in [2.24, 2.45) is 0 Å². The maximum absolute atomic E-state index is 12.5. The molecule has 0 radical (unpaired) electrons. The number of amides is 1. The Hall–Kier alpha value is -2.40. The molecular formula is C19H21N3O2. The quantitative estimate of drug-likeness (QED) is 0.851. The number of nitrogens with zero attached hydrogens (tertiary/aromatic N) is 3. The number of rotatable bonds is 2. The molecular weight excluding hydrogens is 302 g/mol. The van der Waals surface area contributed by atoms with E-state index < -0.39 is 0 Å². The van der Waals surface area contributed by atoms with Crippen molar-refractivity contribution in [3.8, 4) is 5.75 Å². The number of hydrogen-bond acceptors (Lipinski definition) is 4. The summed E-state index contributed by atoms with van der Waals surface area (Å²) < 4.78 is 5.76. The Morgan fingerprint density at radius 2 is 1.79 bits per heavy atom. The van der Waals surface area contributed by atoms with Gasteiger partial charge in [-0.2, -0.15) is 0 Å². The minimum Gasteiger partial charge on any atom is -0.493 e. The number of hydrogen-bond donors (Lipinski definition) is 0. The van der Waals surface area contributed by atoms with Crippen molar-refractivity contribution < 1.29 is 9.53 Å². The van der Waals surface area contributed by atoms with Crippen LogP contribution >= 0.6 is 0 Å². The zero-order valence-corrected chi connectivity index (χ0v) is 13.6. The van der Waals surface area contributed by atoms with E-state index in [4.69, 9.17) is 4.74 Å². The molecule has 0 saturated carbocycles. The Bertz CT molecular complexity index is 712. The van der Waals surface area contributed by atoms with Crippen LogP contribution in [0.15, 0.2) is 48.8 Å². The lowest BCUT2D eigenvalue weighted by molar-refractivity contribution is 0.0510. The summed E-state index contributed by atoms with van der Waals surface area (Å²) in [6, 6.07) is 12.3. The highest BCUT2D eigenvalue weighted by Gasteiger charge is 2.30. The molecule has 1 aromatic carbocycles. The van der Waals surface area contributed by atoms with Crippen LogP contribution in [-0.4, -0.2) is 53.5 Å². The minimum atomic E-state index is 0.101. The van der Waals surface area contributed by atoms with Crippen LogP contribution in [0.25, 0.3) is 0 Å². The Morgan fingerprint density at radius 1 is 1.04 bits per heavy atom. The first kappa shape index (κ1) is 15.1. The summed E-state index contributed by atoms with van der Waals surface area (Å²) in [4.78, 5) is 20.9. The molecule has 0 bridgehead atoms. The zero-order chi connectivity index (χ0) is 16.4. The van der Waals surface area contributed by atoms with Gasteiger partial charge in [0, 0.05) is 62.2 Å². The van der Waals surface area contributed by atoms with Gasteiger partial charge in [-0.15, -0.1) is 0 Å². The second kappa shape index (κ2) is 6.61. The van der Waals surface area contributed by atoms with Crippen molar-refractivity contribution in [1.29, 1.82) is 0 Å². The summed E-state index contributed by atoms with van der Waals surface area (Å²) in [7, 11) is 0. The van der Waals surface area contributed by atoms with E-state index in [1.807, 2.05) is 17.0 Å². The maximum atomic E-state index is 12.5. The third kappa shape index (κ3) is 2.87. The molecule has 0 spiro atoms. The highest BCUT2D eigenvalue weighted by molar-refractivity contribution is 5.94. The number of ether oxygens (including phenoxy) is 1. The molecule has 4 rings (SSSR count). The fraction of sp³-hybridized carbons (Fsp3) is 0.368. The minimum absolute atomic E-state index is 0.101. The summed E-state index contributed by atoms with van der Waals surface area (Å²) in [6.45, 7) is 4.09. The Kier molecular flexibility index (Phi) is 4.17. The van der Waals surface area contributed by atoms with Gasteiger partial charge >= 0.3 is 0 Å². The second-order valence-corrected chi connectivity index (χ2v) is 6.25. The number of benzene rings is 1. The van der Waals surface area contributed by atoms with Crippen molar-refractivity contribution in [3.05, 3.63) is 59.9 Å². The van der Waals surface area contributed by atoms with Crippen LogP contribution in [0.5, 0.6) is 5.75 Å². The summed E-state index contributed by atoms with van der Waals surface area (Å²) >= 11 is 0. The number of fused-ring (bicyclic) bond motifs is 1. The lowest BCUT2D eigenvalue weighted by Crippen LogP contribution is -2.50. The third-order valence-electron chi connectivity index (χ3n) is 4.90. The number of piperazine rings is 1. The van der Waals surface area contributed by atoms with Gasteiger partial charge in [-0.05, 0) is 18.2 Å². The highest BCUT2D eigenvalue weighted by Crippen LogP contribution is 2.36. The molecule has 24 heavy (non-hydrogen) atoms. The van der Waals surface area contributed by atoms with E-state index in [1.165, 1.54) is 5.56 Å². The predicted octanol–water partition coefficient (Wildman–Crippen LogP) is 2.36. The standard InChI is InChI=1S/C19H21N3O2/c23-19(15-5-8-20-9-6-15)22-12-10-21(11-13-22)17-7-14-24-18-4-2-1-3-16(17)18/h1-6,8-9,17H,7,10-14H2. The SMILES string of the molecule is O=C(c1ccncc1)N1CCN(C2CCOc3ccccc32)CC1. The fourth-order valence-electron chi connectivity index (χ4n) is 3.62. The lowest BCUT2D eigenvalue weighted by atomic mass is 9.98. The summed E-state index contributed by atoms with van der Waals surface area (Å²) in [5, 5.41) is 0. The van der Waals surface area contributed by atoms with Crippen molar-refractivity contribution in [1.82, 2.24) is 14.8 Å². The predicted molar refractivity (Wildman–Crippen MR) is 91.0 cm³/mol. The molecule has 1 saturated heterocycles. The molecule has 1 atom stereocenters. The second-order valence-electron chi connectivity index (χ2n) is 6.25. The van der Waals surface area contributed by atoms with Gasteiger partial charge in [0.2, 0.25) is 0 Å². The molecule has 1 unspecified atom stereocenters. The molecule has 0 N–H and O–H groups in total. The van der Waals surface area contributed by atoms with E-state index in [0.717, 1.165) is 50.5 Å². The molecule has 2 aromatic rings. The first-order valence-corrected chi connectivity index (χ1v) is 8.48. The highest BCUT2D eigenvalue weighted by atomic mass is 16.5. The van der Waals surface area contributed by atoms with Crippen LogP contribution < -0.4 is 4.74 Å². The molecule has 1 amide bonds. The van der Waals surface area contributed by atoms with E-state index >= 15 is 0 Å². The van der Waals surface area contributed by atoms with Gasteiger partial charge in [-0.25, -0.2) is 0 Å². The number of carbonyl (C=O) groups is 1. The summed E-state index contributed by atoms with van der Waals surface area (Å²) in [5.74, 6) is 1.11. The average Bonchev–Trinajstić information content (AvgIpc) is 2.68. The van der Waals surface area contributed by atoms with Gasteiger partial charge in [0.05, 0.1) is 6.61 Å². The van der Waals surface area contributed by atoms with E-state index in [-0.39, 0.29) is 5.91 Å². The van der Waals surface area contributed by atoms with Crippen molar-refractivity contribution in [3.63, 3.8) is 0 Å². The molecule has 2 aliphatic rings.